The van der Waals surface area contributed by atoms with Crippen molar-refractivity contribution in [1.29, 1.82) is 0 Å². The van der Waals surface area contributed by atoms with Crippen molar-refractivity contribution in [3.05, 3.63) is 59.3 Å². The van der Waals surface area contributed by atoms with Crippen LogP contribution in [0.15, 0.2) is 42.6 Å². The molecule has 1 saturated carbocycles. The Morgan fingerprint density at radius 1 is 1.19 bits per heavy atom. The fraction of sp³-hybridized carbons (Fsp3) is 0.389. The van der Waals surface area contributed by atoms with E-state index in [9.17, 15) is 0 Å². The topological polar surface area (TPSA) is 28.2 Å². The molecule has 0 radical (unpaired) electrons. The number of benzene rings is 1. The second-order valence-electron chi connectivity index (χ2n) is 5.98. The van der Waals surface area contributed by atoms with E-state index in [1.54, 1.807) is 0 Å². The highest BCUT2D eigenvalue weighted by molar-refractivity contribution is 5.46. The van der Waals surface area contributed by atoms with Crippen LogP contribution in [0.4, 0.5) is 5.82 Å². The Morgan fingerprint density at radius 2 is 1.95 bits per heavy atom. The van der Waals surface area contributed by atoms with E-state index < -0.39 is 0 Å². The Balaban J connectivity index is 1.70. The molecule has 0 unspecified atom stereocenters. The average Bonchev–Trinajstić information content (AvgIpc) is 3.32. The first kappa shape index (κ1) is 14.1. The SMILES string of the molecule is Cc1ccc(CN(C)c2ncccc2CNC2CC2)cc1. The summed E-state index contributed by atoms with van der Waals surface area (Å²) in [7, 11) is 2.11. The highest BCUT2D eigenvalue weighted by atomic mass is 15.2. The predicted octanol–water partition coefficient (Wildman–Crippen LogP) is 3.28. The summed E-state index contributed by atoms with van der Waals surface area (Å²) in [5, 5.41) is 3.57. The number of hydrogen-bond acceptors (Lipinski definition) is 3. The molecule has 1 N–H and O–H groups in total. The number of rotatable bonds is 6. The van der Waals surface area contributed by atoms with Crippen LogP contribution in [0.1, 0.15) is 29.5 Å². The second kappa shape index (κ2) is 6.27. The molecule has 1 fully saturated rings. The lowest BCUT2D eigenvalue weighted by molar-refractivity contribution is 0.683. The number of hydrogen-bond donors (Lipinski definition) is 1. The van der Waals surface area contributed by atoms with Gasteiger partial charge in [0.1, 0.15) is 5.82 Å². The average molecular weight is 281 g/mol. The van der Waals surface area contributed by atoms with Crippen LogP contribution < -0.4 is 10.2 Å². The van der Waals surface area contributed by atoms with E-state index in [0.29, 0.717) is 0 Å². The molecule has 3 heteroatoms. The molecular formula is C18H23N3. The summed E-state index contributed by atoms with van der Waals surface area (Å²) in [6.45, 7) is 3.91. The van der Waals surface area contributed by atoms with Gasteiger partial charge in [0, 0.05) is 37.9 Å². The van der Waals surface area contributed by atoms with Gasteiger partial charge in [-0.1, -0.05) is 35.9 Å². The number of anilines is 1. The van der Waals surface area contributed by atoms with Crippen molar-refractivity contribution in [3.63, 3.8) is 0 Å². The first-order valence-corrected chi connectivity index (χ1v) is 7.66. The summed E-state index contributed by atoms with van der Waals surface area (Å²) in [4.78, 5) is 6.81. The molecule has 21 heavy (non-hydrogen) atoms. The van der Waals surface area contributed by atoms with Crippen LogP contribution in [0.3, 0.4) is 0 Å². The fourth-order valence-corrected chi connectivity index (χ4v) is 2.50. The van der Waals surface area contributed by atoms with Gasteiger partial charge in [-0.2, -0.15) is 0 Å². The van der Waals surface area contributed by atoms with Crippen LogP contribution >= 0.6 is 0 Å². The summed E-state index contributed by atoms with van der Waals surface area (Å²) < 4.78 is 0. The van der Waals surface area contributed by atoms with Crippen LogP contribution in [-0.4, -0.2) is 18.1 Å². The van der Waals surface area contributed by atoms with E-state index in [0.717, 1.165) is 24.9 Å². The van der Waals surface area contributed by atoms with E-state index >= 15 is 0 Å². The van der Waals surface area contributed by atoms with Crippen LogP contribution in [0.2, 0.25) is 0 Å². The van der Waals surface area contributed by atoms with E-state index in [2.05, 4.69) is 59.5 Å². The molecule has 110 valence electrons. The van der Waals surface area contributed by atoms with Gasteiger partial charge in [-0.25, -0.2) is 4.98 Å². The molecule has 1 aliphatic rings. The van der Waals surface area contributed by atoms with Crippen LogP contribution in [0.25, 0.3) is 0 Å². The Hall–Kier alpha value is -1.87. The molecule has 3 nitrogen and oxygen atoms in total. The largest absolute Gasteiger partial charge is 0.355 e. The molecule has 0 atom stereocenters. The Kier molecular flexibility index (Phi) is 4.20. The van der Waals surface area contributed by atoms with Crippen molar-refractivity contribution in [2.45, 2.75) is 38.9 Å². The molecule has 0 spiro atoms. The Morgan fingerprint density at radius 3 is 2.67 bits per heavy atom. The monoisotopic (exact) mass is 281 g/mol. The Bertz CT molecular complexity index is 588. The molecule has 2 aromatic rings. The van der Waals surface area contributed by atoms with Crippen molar-refractivity contribution >= 4 is 5.82 Å². The van der Waals surface area contributed by atoms with Gasteiger partial charge >= 0.3 is 0 Å². The zero-order chi connectivity index (χ0) is 14.7. The quantitative estimate of drug-likeness (QED) is 0.880. The minimum Gasteiger partial charge on any atom is -0.355 e. The highest BCUT2D eigenvalue weighted by Gasteiger charge is 2.21. The smallest absolute Gasteiger partial charge is 0.133 e. The predicted molar refractivity (Wildman–Crippen MR) is 87.4 cm³/mol. The zero-order valence-electron chi connectivity index (χ0n) is 12.8. The van der Waals surface area contributed by atoms with Gasteiger partial charge in [0.2, 0.25) is 0 Å². The first-order valence-electron chi connectivity index (χ1n) is 7.66. The second-order valence-corrected chi connectivity index (χ2v) is 5.98. The molecule has 1 heterocycles. The molecule has 0 bridgehead atoms. The summed E-state index contributed by atoms with van der Waals surface area (Å²) in [6.07, 6.45) is 4.51. The zero-order valence-corrected chi connectivity index (χ0v) is 12.8. The lowest BCUT2D eigenvalue weighted by atomic mass is 10.1. The molecular weight excluding hydrogens is 258 g/mol. The first-order chi connectivity index (χ1) is 10.2. The summed E-state index contributed by atoms with van der Waals surface area (Å²) in [5.74, 6) is 1.08. The maximum Gasteiger partial charge on any atom is 0.133 e. The minimum absolute atomic E-state index is 0.723. The van der Waals surface area contributed by atoms with Crippen molar-refractivity contribution in [3.8, 4) is 0 Å². The highest BCUT2D eigenvalue weighted by Crippen LogP contribution is 2.22. The van der Waals surface area contributed by atoms with Crippen molar-refractivity contribution in [2.24, 2.45) is 0 Å². The van der Waals surface area contributed by atoms with Crippen molar-refractivity contribution < 1.29 is 0 Å². The number of pyridine rings is 1. The lowest BCUT2D eigenvalue weighted by Gasteiger charge is -2.21. The number of aryl methyl sites for hydroxylation is 1. The summed E-state index contributed by atoms with van der Waals surface area (Å²) in [5.41, 5.74) is 3.89. The van der Waals surface area contributed by atoms with Gasteiger partial charge in [0.15, 0.2) is 0 Å². The number of nitrogens with one attached hydrogen (secondary N) is 1. The van der Waals surface area contributed by atoms with Crippen molar-refractivity contribution in [2.75, 3.05) is 11.9 Å². The van der Waals surface area contributed by atoms with Gasteiger partial charge in [0.05, 0.1) is 0 Å². The van der Waals surface area contributed by atoms with E-state index in [-0.39, 0.29) is 0 Å². The van der Waals surface area contributed by atoms with Crippen LogP contribution in [0.5, 0.6) is 0 Å². The third kappa shape index (κ3) is 3.82. The minimum atomic E-state index is 0.723. The maximum absolute atomic E-state index is 4.58. The molecule has 0 aliphatic heterocycles. The molecule has 3 rings (SSSR count). The molecule has 0 saturated heterocycles. The Labute approximate surface area is 127 Å². The van der Waals surface area contributed by atoms with Gasteiger partial charge in [-0.05, 0) is 31.4 Å². The molecule has 1 aromatic carbocycles. The van der Waals surface area contributed by atoms with Gasteiger partial charge in [-0.3, -0.25) is 0 Å². The third-order valence-electron chi connectivity index (χ3n) is 3.93. The molecule has 1 aromatic heterocycles. The van der Waals surface area contributed by atoms with E-state index in [1.807, 2.05) is 12.3 Å². The fourth-order valence-electron chi connectivity index (χ4n) is 2.50. The number of aromatic nitrogens is 1. The van der Waals surface area contributed by atoms with Crippen LogP contribution in [0, 0.1) is 6.92 Å². The van der Waals surface area contributed by atoms with E-state index in [4.69, 9.17) is 0 Å². The van der Waals surface area contributed by atoms with Gasteiger partial charge < -0.3 is 10.2 Å². The summed E-state index contributed by atoms with van der Waals surface area (Å²) >= 11 is 0. The number of nitrogens with zero attached hydrogens (tertiary/aromatic N) is 2. The third-order valence-corrected chi connectivity index (χ3v) is 3.93. The van der Waals surface area contributed by atoms with E-state index in [1.165, 1.54) is 29.5 Å². The molecule has 0 amide bonds. The molecule has 1 aliphatic carbocycles. The summed E-state index contributed by atoms with van der Waals surface area (Å²) in [6, 6.07) is 13.6. The van der Waals surface area contributed by atoms with Gasteiger partial charge in [-0.15, -0.1) is 0 Å². The van der Waals surface area contributed by atoms with Crippen molar-refractivity contribution in [1.82, 2.24) is 10.3 Å². The normalized spacial score (nSPS) is 14.2. The lowest BCUT2D eigenvalue weighted by Crippen LogP contribution is -2.22. The van der Waals surface area contributed by atoms with Gasteiger partial charge in [0.25, 0.3) is 0 Å². The maximum atomic E-state index is 4.58. The van der Waals surface area contributed by atoms with Crippen LogP contribution in [-0.2, 0) is 13.1 Å². The standard InChI is InChI=1S/C18H23N3/c1-14-5-7-15(8-6-14)13-21(2)18-16(4-3-11-19-18)12-20-17-9-10-17/h3-8,11,17,20H,9-10,12-13H2,1-2H3.